The first kappa shape index (κ1) is 19.5. The van der Waals surface area contributed by atoms with Crippen molar-refractivity contribution in [3.63, 3.8) is 0 Å². The Morgan fingerprint density at radius 2 is 1.83 bits per heavy atom. The van der Waals surface area contributed by atoms with Crippen LogP contribution in [-0.4, -0.2) is 11.1 Å². The maximum absolute atomic E-state index is 12.3. The van der Waals surface area contributed by atoms with E-state index in [1.807, 2.05) is 42.5 Å². The maximum atomic E-state index is 12.3. The summed E-state index contributed by atoms with van der Waals surface area (Å²) in [6, 6.07) is 22.5. The molecule has 150 valence electrons. The predicted octanol–water partition coefficient (Wildman–Crippen LogP) is 6.09. The van der Waals surface area contributed by atoms with Crippen LogP contribution in [0.5, 0.6) is 0 Å². The van der Waals surface area contributed by atoms with Gasteiger partial charge in [0.15, 0.2) is 0 Å². The van der Waals surface area contributed by atoms with Crippen LogP contribution in [-0.2, 0) is 17.6 Å². The van der Waals surface area contributed by atoms with Crippen LogP contribution in [0.15, 0.2) is 77.4 Å². The molecule has 0 saturated heterocycles. The molecule has 3 nitrogen and oxygen atoms in total. The molecule has 3 heteroatoms. The average molecular weight is 389 g/mol. The third kappa shape index (κ3) is 4.97. The summed E-state index contributed by atoms with van der Waals surface area (Å²) in [5, 5.41) is 10.1. The highest BCUT2D eigenvalue weighted by molar-refractivity contribution is 5.76. The van der Waals surface area contributed by atoms with Crippen molar-refractivity contribution < 1.29 is 14.3 Å². The van der Waals surface area contributed by atoms with Gasteiger partial charge in [-0.05, 0) is 66.3 Å². The summed E-state index contributed by atoms with van der Waals surface area (Å²) in [5.41, 5.74) is 3.35. The summed E-state index contributed by atoms with van der Waals surface area (Å²) in [6.45, 7) is 0. The van der Waals surface area contributed by atoms with Crippen LogP contribution in [0.1, 0.15) is 54.1 Å². The highest BCUT2D eigenvalue weighted by Gasteiger charge is 2.34. The monoisotopic (exact) mass is 388 g/mol. The van der Waals surface area contributed by atoms with Gasteiger partial charge in [-0.15, -0.1) is 0 Å². The van der Waals surface area contributed by atoms with Gasteiger partial charge in [-0.3, -0.25) is 4.79 Å². The van der Waals surface area contributed by atoms with Crippen molar-refractivity contribution in [2.75, 3.05) is 0 Å². The SMILES string of the molecule is O=C(O)C(c1cccc(Cc2ccccc2)c1)C1CCCC(Cc2ccco2)C1. The first-order chi connectivity index (χ1) is 14.2. The fourth-order valence-corrected chi connectivity index (χ4v) is 4.88. The van der Waals surface area contributed by atoms with Crippen molar-refractivity contribution in [1.82, 2.24) is 0 Å². The van der Waals surface area contributed by atoms with Crippen LogP contribution < -0.4 is 0 Å². The summed E-state index contributed by atoms with van der Waals surface area (Å²) < 4.78 is 5.52. The summed E-state index contributed by atoms with van der Waals surface area (Å²) in [6.07, 6.45) is 7.61. The quantitative estimate of drug-likeness (QED) is 0.533. The topological polar surface area (TPSA) is 50.4 Å². The summed E-state index contributed by atoms with van der Waals surface area (Å²) in [7, 11) is 0. The maximum Gasteiger partial charge on any atom is 0.311 e. The number of hydrogen-bond donors (Lipinski definition) is 1. The molecule has 3 unspecified atom stereocenters. The number of furan rings is 1. The Hall–Kier alpha value is -2.81. The van der Waals surface area contributed by atoms with E-state index in [4.69, 9.17) is 4.42 Å². The van der Waals surface area contributed by atoms with E-state index in [0.717, 1.165) is 49.8 Å². The van der Waals surface area contributed by atoms with Gasteiger partial charge >= 0.3 is 5.97 Å². The van der Waals surface area contributed by atoms with E-state index in [0.29, 0.717) is 5.92 Å². The standard InChI is InChI=1S/C26H28O3/c27-26(28)25(23-12-5-10-21(17-23)18-24-13-6-14-29-24)22-11-4-9-20(16-22)15-19-7-2-1-3-8-19/h1-4,6-9,11,13-14,16,21,23,25H,5,10,12,15,17-18H2,(H,27,28). The smallest absolute Gasteiger partial charge is 0.311 e. The predicted molar refractivity (Wildman–Crippen MR) is 114 cm³/mol. The second kappa shape index (κ2) is 9.13. The van der Waals surface area contributed by atoms with Gasteiger partial charge in [0.25, 0.3) is 0 Å². The molecule has 1 aliphatic carbocycles. The van der Waals surface area contributed by atoms with E-state index in [1.54, 1.807) is 6.26 Å². The Balaban J connectivity index is 1.51. The van der Waals surface area contributed by atoms with Crippen molar-refractivity contribution in [1.29, 1.82) is 0 Å². The molecule has 0 bridgehead atoms. The lowest BCUT2D eigenvalue weighted by atomic mass is 9.71. The van der Waals surface area contributed by atoms with Crippen molar-refractivity contribution in [3.05, 3.63) is 95.4 Å². The Morgan fingerprint density at radius 3 is 2.59 bits per heavy atom. The number of carbonyl (C=O) groups is 1. The van der Waals surface area contributed by atoms with Crippen molar-refractivity contribution >= 4 is 5.97 Å². The van der Waals surface area contributed by atoms with Crippen molar-refractivity contribution in [3.8, 4) is 0 Å². The molecular formula is C26H28O3. The molecule has 1 aliphatic rings. The number of carboxylic acid groups (broad SMARTS) is 1. The third-order valence-corrected chi connectivity index (χ3v) is 6.19. The minimum Gasteiger partial charge on any atom is -0.481 e. The van der Waals surface area contributed by atoms with Gasteiger partial charge in [0.1, 0.15) is 5.76 Å². The van der Waals surface area contributed by atoms with Crippen molar-refractivity contribution in [2.24, 2.45) is 11.8 Å². The third-order valence-electron chi connectivity index (χ3n) is 6.19. The van der Waals surface area contributed by atoms with E-state index in [-0.39, 0.29) is 5.92 Å². The summed E-state index contributed by atoms with van der Waals surface area (Å²) >= 11 is 0. The molecule has 0 spiro atoms. The largest absolute Gasteiger partial charge is 0.481 e. The minimum atomic E-state index is -0.703. The molecule has 0 radical (unpaired) electrons. The van der Waals surface area contributed by atoms with Gasteiger partial charge in [0.05, 0.1) is 12.2 Å². The average Bonchev–Trinajstić information content (AvgIpc) is 3.22. The second-order valence-electron chi connectivity index (χ2n) is 8.30. The normalized spacial score (nSPS) is 20.3. The van der Waals surface area contributed by atoms with Crippen LogP contribution in [0.3, 0.4) is 0 Å². The summed E-state index contributed by atoms with van der Waals surface area (Å²) in [4.78, 5) is 12.3. The van der Waals surface area contributed by atoms with Crippen LogP contribution in [0.4, 0.5) is 0 Å². The van der Waals surface area contributed by atoms with E-state index in [2.05, 4.69) is 24.3 Å². The number of aliphatic carboxylic acids is 1. The van der Waals surface area contributed by atoms with Crippen LogP contribution in [0, 0.1) is 11.8 Å². The zero-order valence-electron chi connectivity index (χ0n) is 16.7. The molecule has 1 heterocycles. The zero-order chi connectivity index (χ0) is 20.1. The first-order valence-corrected chi connectivity index (χ1v) is 10.6. The number of hydrogen-bond acceptors (Lipinski definition) is 2. The molecule has 0 amide bonds. The highest BCUT2D eigenvalue weighted by atomic mass is 16.4. The van der Waals surface area contributed by atoms with Crippen LogP contribution >= 0.6 is 0 Å². The van der Waals surface area contributed by atoms with E-state index < -0.39 is 11.9 Å². The minimum absolute atomic E-state index is 0.174. The second-order valence-corrected chi connectivity index (χ2v) is 8.30. The lowest BCUT2D eigenvalue weighted by molar-refractivity contribution is -0.140. The number of carboxylic acids is 1. The lowest BCUT2D eigenvalue weighted by Crippen LogP contribution is -2.27. The molecule has 4 rings (SSSR count). The van der Waals surface area contributed by atoms with E-state index in [1.165, 1.54) is 11.1 Å². The Kier molecular flexibility index (Phi) is 6.14. The van der Waals surface area contributed by atoms with E-state index in [9.17, 15) is 9.90 Å². The van der Waals surface area contributed by atoms with Gasteiger partial charge in [0.2, 0.25) is 0 Å². The molecule has 1 N–H and O–H groups in total. The Bertz CT molecular complexity index is 914. The molecule has 29 heavy (non-hydrogen) atoms. The molecule has 2 aromatic carbocycles. The molecule has 3 atom stereocenters. The zero-order valence-corrected chi connectivity index (χ0v) is 16.7. The van der Waals surface area contributed by atoms with E-state index >= 15 is 0 Å². The number of rotatable bonds is 7. The fourth-order valence-electron chi connectivity index (χ4n) is 4.88. The molecule has 1 fully saturated rings. The molecule has 0 aliphatic heterocycles. The molecule has 1 saturated carbocycles. The Morgan fingerprint density at radius 1 is 1.00 bits per heavy atom. The van der Waals surface area contributed by atoms with Gasteiger partial charge in [-0.1, -0.05) is 61.0 Å². The molecular weight excluding hydrogens is 360 g/mol. The van der Waals surface area contributed by atoms with Gasteiger partial charge < -0.3 is 9.52 Å². The highest BCUT2D eigenvalue weighted by Crippen LogP contribution is 2.40. The molecule has 3 aromatic rings. The first-order valence-electron chi connectivity index (χ1n) is 10.6. The van der Waals surface area contributed by atoms with Gasteiger partial charge in [0, 0.05) is 6.42 Å². The lowest BCUT2D eigenvalue weighted by Gasteiger charge is -2.33. The Labute approximate surface area is 172 Å². The summed E-state index contributed by atoms with van der Waals surface area (Å²) in [5.74, 6) is 0.533. The van der Waals surface area contributed by atoms with Crippen LogP contribution in [0.2, 0.25) is 0 Å². The van der Waals surface area contributed by atoms with Crippen LogP contribution in [0.25, 0.3) is 0 Å². The molecule has 1 aromatic heterocycles. The van der Waals surface area contributed by atoms with Gasteiger partial charge in [-0.2, -0.15) is 0 Å². The number of benzene rings is 2. The van der Waals surface area contributed by atoms with Crippen molar-refractivity contribution in [2.45, 2.75) is 44.4 Å². The van der Waals surface area contributed by atoms with Gasteiger partial charge in [-0.25, -0.2) is 0 Å². The fraction of sp³-hybridized carbons (Fsp3) is 0.346.